The lowest BCUT2D eigenvalue weighted by Crippen LogP contribution is -2.46. The molecule has 0 unspecified atom stereocenters. The monoisotopic (exact) mass is 552 g/mol. The van der Waals surface area contributed by atoms with Gasteiger partial charge in [0.25, 0.3) is 0 Å². The zero-order chi connectivity index (χ0) is 26.7. The van der Waals surface area contributed by atoms with E-state index in [0.29, 0.717) is 28.5 Å². The zero-order valence-corrected chi connectivity index (χ0v) is 23.8. The molecule has 0 bridgehead atoms. The van der Waals surface area contributed by atoms with E-state index in [9.17, 15) is 4.79 Å². The molecule has 1 aliphatic rings. The van der Waals surface area contributed by atoms with Crippen molar-refractivity contribution < 1.29 is 4.79 Å². The van der Waals surface area contributed by atoms with Crippen LogP contribution in [0.5, 0.6) is 0 Å². The van der Waals surface area contributed by atoms with E-state index in [1.165, 1.54) is 12.1 Å². The van der Waals surface area contributed by atoms with Crippen LogP contribution in [0.1, 0.15) is 39.5 Å². The van der Waals surface area contributed by atoms with Crippen molar-refractivity contribution in [3.8, 4) is 0 Å². The first-order chi connectivity index (χ1) is 18.5. The van der Waals surface area contributed by atoms with Crippen molar-refractivity contribution >= 4 is 58.5 Å². The van der Waals surface area contributed by atoms with Gasteiger partial charge in [-0.3, -0.25) is 4.90 Å². The first-order valence-electron chi connectivity index (χ1n) is 13.3. The van der Waals surface area contributed by atoms with Gasteiger partial charge in [-0.2, -0.15) is 4.98 Å². The molecule has 0 spiro atoms. The number of nitrogens with zero attached hydrogens (tertiary/aromatic N) is 4. The van der Waals surface area contributed by atoms with E-state index in [1.54, 1.807) is 18.0 Å². The minimum atomic E-state index is 0.466. The zero-order valence-electron chi connectivity index (χ0n) is 22.2. The fourth-order valence-electron chi connectivity index (χ4n) is 4.42. The van der Waals surface area contributed by atoms with Crippen LogP contribution >= 0.6 is 23.4 Å². The van der Waals surface area contributed by atoms with Gasteiger partial charge in [-0.15, -0.1) is 11.8 Å². The second-order valence-electron chi connectivity index (χ2n) is 9.69. The quantitative estimate of drug-likeness (QED) is 0.133. The van der Waals surface area contributed by atoms with Crippen molar-refractivity contribution in [2.45, 2.75) is 49.7 Å². The Morgan fingerprint density at radius 1 is 1.00 bits per heavy atom. The van der Waals surface area contributed by atoms with Gasteiger partial charge in [0.2, 0.25) is 5.95 Å². The van der Waals surface area contributed by atoms with Crippen LogP contribution in [0.4, 0.5) is 28.8 Å². The molecule has 3 aromatic rings. The van der Waals surface area contributed by atoms with Gasteiger partial charge in [-0.05, 0) is 55.8 Å². The summed E-state index contributed by atoms with van der Waals surface area (Å²) in [5, 5.41) is 7.62. The van der Waals surface area contributed by atoms with E-state index in [1.807, 2.05) is 18.2 Å². The number of unbranched alkanes of at least 4 members (excludes halogenated alkanes) is 3. The normalized spacial score (nSPS) is 14.1. The van der Waals surface area contributed by atoms with Gasteiger partial charge < -0.3 is 20.3 Å². The number of piperazine rings is 1. The summed E-state index contributed by atoms with van der Waals surface area (Å²) in [4.78, 5) is 25.6. The van der Waals surface area contributed by atoms with Crippen molar-refractivity contribution in [2.75, 3.05) is 48.3 Å². The average molecular weight is 553 g/mol. The van der Waals surface area contributed by atoms with Gasteiger partial charge in [0.1, 0.15) is 11.3 Å². The minimum absolute atomic E-state index is 0.466. The summed E-state index contributed by atoms with van der Waals surface area (Å²) in [6.45, 7) is 9.65. The number of nitrogens with one attached hydrogen (secondary N) is 2. The van der Waals surface area contributed by atoms with Crippen LogP contribution in [0.3, 0.4) is 0 Å². The summed E-state index contributed by atoms with van der Waals surface area (Å²) >= 11 is 8.22. The number of para-hydroxylation sites is 1. The predicted octanol–water partition coefficient (Wildman–Crippen LogP) is 7.00. The number of benzene rings is 2. The van der Waals surface area contributed by atoms with E-state index >= 15 is 0 Å². The molecule has 2 N–H and O–H groups in total. The van der Waals surface area contributed by atoms with Gasteiger partial charge >= 0.3 is 0 Å². The van der Waals surface area contributed by atoms with Crippen molar-refractivity contribution in [2.24, 2.45) is 0 Å². The molecule has 7 nitrogen and oxygen atoms in total. The third kappa shape index (κ3) is 8.35. The second-order valence-corrected chi connectivity index (χ2v) is 11.7. The number of aromatic nitrogens is 2. The summed E-state index contributed by atoms with van der Waals surface area (Å²) < 4.78 is 0. The molecule has 0 atom stereocenters. The van der Waals surface area contributed by atoms with Gasteiger partial charge in [-0.1, -0.05) is 44.0 Å². The smallest absolute Gasteiger partial charge is 0.229 e. The van der Waals surface area contributed by atoms with Crippen molar-refractivity contribution in [3.63, 3.8) is 0 Å². The second kappa shape index (κ2) is 14.4. The number of anilines is 5. The number of carbonyl (C=O) groups is 1. The Kier molecular flexibility index (Phi) is 10.7. The lowest BCUT2D eigenvalue weighted by atomic mass is 10.2. The average Bonchev–Trinajstić information content (AvgIpc) is 2.92. The van der Waals surface area contributed by atoms with Crippen LogP contribution < -0.4 is 15.5 Å². The lowest BCUT2D eigenvalue weighted by molar-refractivity contribution is -0.107. The maximum atomic E-state index is 10.4. The molecular weight excluding hydrogens is 516 g/mol. The van der Waals surface area contributed by atoms with Crippen LogP contribution in [0.2, 0.25) is 5.02 Å². The maximum absolute atomic E-state index is 10.4. The summed E-state index contributed by atoms with van der Waals surface area (Å²) in [6.07, 6.45) is 6.63. The number of aldehydes is 1. The summed E-state index contributed by atoms with van der Waals surface area (Å²) in [6, 6.07) is 16.6. The maximum Gasteiger partial charge on any atom is 0.229 e. The third-order valence-corrected chi connectivity index (χ3v) is 7.76. The fraction of sp³-hybridized carbons (Fsp3) is 0.414. The van der Waals surface area contributed by atoms with Crippen molar-refractivity contribution in [1.82, 2.24) is 14.9 Å². The molecule has 0 amide bonds. The van der Waals surface area contributed by atoms with Crippen LogP contribution in [-0.4, -0.2) is 59.1 Å². The summed E-state index contributed by atoms with van der Waals surface area (Å²) in [5.41, 5.74) is 3.12. The molecule has 0 radical (unpaired) electrons. The van der Waals surface area contributed by atoms with E-state index in [-0.39, 0.29) is 0 Å². The van der Waals surface area contributed by atoms with Crippen LogP contribution in [-0.2, 0) is 4.79 Å². The van der Waals surface area contributed by atoms with E-state index in [0.717, 1.165) is 68.1 Å². The summed E-state index contributed by atoms with van der Waals surface area (Å²) in [5.74, 6) is 1.06. The van der Waals surface area contributed by atoms with Crippen molar-refractivity contribution in [1.29, 1.82) is 0 Å². The highest BCUT2D eigenvalue weighted by molar-refractivity contribution is 8.00. The molecule has 4 rings (SSSR count). The van der Waals surface area contributed by atoms with Gasteiger partial charge in [0.05, 0.1) is 11.9 Å². The highest BCUT2D eigenvalue weighted by Crippen LogP contribution is 2.33. The Hall–Kier alpha value is -2.81. The molecule has 2 heterocycles. The molecule has 9 heteroatoms. The molecule has 0 aliphatic carbocycles. The highest BCUT2D eigenvalue weighted by Gasteiger charge is 2.17. The van der Waals surface area contributed by atoms with Crippen LogP contribution in [0, 0.1) is 0 Å². The highest BCUT2D eigenvalue weighted by atomic mass is 35.5. The molecule has 38 heavy (non-hydrogen) atoms. The Labute approximate surface area is 235 Å². The van der Waals surface area contributed by atoms with Gasteiger partial charge in [0.15, 0.2) is 5.82 Å². The molecule has 1 aromatic heterocycles. The largest absolute Gasteiger partial charge is 0.369 e. The van der Waals surface area contributed by atoms with E-state index in [4.69, 9.17) is 11.6 Å². The summed E-state index contributed by atoms with van der Waals surface area (Å²) in [7, 11) is 0. The molecule has 1 saturated heterocycles. The predicted molar refractivity (Wildman–Crippen MR) is 161 cm³/mol. The number of hydrogen-bond acceptors (Lipinski definition) is 8. The molecule has 2 aromatic carbocycles. The third-order valence-electron chi connectivity index (χ3n) is 6.40. The van der Waals surface area contributed by atoms with Crippen LogP contribution in [0.25, 0.3) is 0 Å². The lowest BCUT2D eigenvalue weighted by Gasteiger charge is -2.36. The number of halogens is 1. The topological polar surface area (TPSA) is 73.4 Å². The number of hydrogen-bond donors (Lipinski definition) is 2. The van der Waals surface area contributed by atoms with E-state index < -0.39 is 0 Å². The fourth-order valence-corrected chi connectivity index (χ4v) is 5.47. The standard InChI is InChI=1S/C29H37ClN6OS/c1-22(2)38-27-10-6-5-9-26(27)33-28-25(30)21-31-29(34-28)32-23-11-13-24(14-12-23)36-18-16-35(17-19-36)15-7-3-4-8-20-37/h5-6,9-14,20-22H,3-4,7-8,15-19H2,1-2H3,(H2,31,32,33,34). The van der Waals surface area contributed by atoms with Gasteiger partial charge in [-0.25, -0.2) is 4.98 Å². The Bertz CT molecular complexity index is 1170. The number of carbonyl (C=O) groups excluding carboxylic acids is 1. The van der Waals surface area contributed by atoms with Crippen LogP contribution in [0.15, 0.2) is 59.6 Å². The Morgan fingerprint density at radius 3 is 2.50 bits per heavy atom. The first-order valence-corrected chi connectivity index (χ1v) is 14.6. The molecule has 0 saturated carbocycles. The molecule has 1 fully saturated rings. The number of thioether (sulfide) groups is 1. The molecule has 202 valence electrons. The molecule has 1 aliphatic heterocycles. The SMILES string of the molecule is CC(C)Sc1ccccc1Nc1nc(Nc2ccc(N3CCN(CCCCCC=O)CC3)cc2)ncc1Cl. The van der Waals surface area contributed by atoms with Crippen molar-refractivity contribution in [3.05, 3.63) is 59.8 Å². The molecular formula is C29H37ClN6OS. The van der Waals surface area contributed by atoms with E-state index in [2.05, 4.69) is 74.6 Å². The Morgan fingerprint density at radius 2 is 1.76 bits per heavy atom. The van der Waals surface area contributed by atoms with Gasteiger partial charge in [0, 0.05) is 54.1 Å². The Balaban J connectivity index is 1.32. The minimum Gasteiger partial charge on any atom is -0.369 e. The first kappa shape index (κ1) is 28.2. The number of rotatable bonds is 13.